The molecule has 3 aromatic carbocycles. The highest BCUT2D eigenvalue weighted by Gasteiger charge is 2.30. The molecular weight excluding hydrogens is 456 g/mol. The maximum atomic E-state index is 13.5. The molecule has 5 rings (SSSR count). The van der Waals surface area contributed by atoms with Crippen LogP contribution in [0.15, 0.2) is 79.0 Å². The third-order valence-corrected chi connectivity index (χ3v) is 7.37. The summed E-state index contributed by atoms with van der Waals surface area (Å²) in [5.41, 5.74) is 6.29. The summed E-state index contributed by atoms with van der Waals surface area (Å²) in [5.74, 6) is 0.640. The number of thioether (sulfide) groups is 1. The number of hydrogen-bond donors (Lipinski definition) is 1. The lowest BCUT2D eigenvalue weighted by Crippen LogP contribution is -2.42. The molecule has 5 nitrogen and oxygen atoms in total. The molecule has 1 aliphatic carbocycles. The Morgan fingerprint density at radius 1 is 0.971 bits per heavy atom. The van der Waals surface area contributed by atoms with E-state index in [1.54, 1.807) is 11.8 Å². The number of Topliss-reactive ketones (excluding diaryl/α,β-unsaturated/α-hetero) is 1. The van der Waals surface area contributed by atoms with Crippen molar-refractivity contribution in [3.8, 4) is 11.1 Å². The zero-order chi connectivity index (χ0) is 24.4. The molecule has 1 amide bonds. The summed E-state index contributed by atoms with van der Waals surface area (Å²) >= 11 is 1.65. The maximum absolute atomic E-state index is 13.5. The second-order valence-electron chi connectivity index (χ2n) is 8.84. The number of carbonyl (C=O) groups is 2. The largest absolute Gasteiger partial charge is 0.449 e. The Morgan fingerprint density at radius 2 is 1.60 bits per heavy atom. The number of rotatable bonds is 8. The molecule has 4 aromatic rings. The molecule has 0 fully saturated rings. The van der Waals surface area contributed by atoms with Crippen molar-refractivity contribution in [3.63, 3.8) is 0 Å². The first-order chi connectivity index (χ1) is 17.1. The number of ether oxygens (including phenoxy) is 1. The summed E-state index contributed by atoms with van der Waals surface area (Å²) in [6.07, 6.45) is 3.81. The smallest absolute Gasteiger partial charge is 0.407 e. The van der Waals surface area contributed by atoms with Crippen LogP contribution in [0.2, 0.25) is 0 Å². The lowest BCUT2D eigenvalue weighted by molar-refractivity contribution is 0.0919. The first kappa shape index (κ1) is 23.2. The van der Waals surface area contributed by atoms with Gasteiger partial charge in [0.2, 0.25) is 0 Å². The van der Waals surface area contributed by atoms with Crippen molar-refractivity contribution in [2.75, 3.05) is 18.6 Å². The van der Waals surface area contributed by atoms with Crippen molar-refractivity contribution in [2.45, 2.75) is 18.4 Å². The zero-order valence-corrected chi connectivity index (χ0v) is 20.7. The molecule has 35 heavy (non-hydrogen) atoms. The molecular formula is C29H28N2O3S. The van der Waals surface area contributed by atoms with Crippen LogP contribution < -0.4 is 5.32 Å². The molecule has 0 bridgehead atoms. The Hall–Kier alpha value is -3.51. The summed E-state index contributed by atoms with van der Waals surface area (Å²) in [7, 11) is 1.93. The second kappa shape index (κ2) is 10.0. The highest BCUT2D eigenvalue weighted by molar-refractivity contribution is 7.98. The lowest BCUT2D eigenvalue weighted by atomic mass is 9.98. The SMILES string of the molecule is CSCC[C@H](NC(=O)OCC1c2ccccc2-c2ccccc21)C(=O)c1cn(C)c2ccccc12. The minimum Gasteiger partial charge on any atom is -0.449 e. The zero-order valence-electron chi connectivity index (χ0n) is 19.9. The molecule has 0 aliphatic heterocycles. The Morgan fingerprint density at radius 3 is 2.29 bits per heavy atom. The quantitative estimate of drug-likeness (QED) is 0.311. The minimum atomic E-state index is -0.649. The summed E-state index contributed by atoms with van der Waals surface area (Å²) in [4.78, 5) is 26.4. The number of amides is 1. The second-order valence-corrected chi connectivity index (χ2v) is 9.82. The van der Waals surface area contributed by atoms with Gasteiger partial charge in [0.25, 0.3) is 0 Å². The fourth-order valence-electron chi connectivity index (χ4n) is 5.01. The molecule has 0 saturated heterocycles. The lowest BCUT2D eigenvalue weighted by Gasteiger charge is -2.19. The van der Waals surface area contributed by atoms with Crippen LogP contribution in [0.3, 0.4) is 0 Å². The number of nitrogens with zero attached hydrogens (tertiary/aromatic N) is 1. The number of benzene rings is 3. The maximum Gasteiger partial charge on any atom is 0.407 e. The molecule has 0 unspecified atom stereocenters. The van der Waals surface area contributed by atoms with Crippen LogP contribution in [-0.4, -0.2) is 41.1 Å². The van der Waals surface area contributed by atoms with Crippen molar-refractivity contribution in [1.82, 2.24) is 9.88 Å². The minimum absolute atomic E-state index is 0.0217. The first-order valence-electron chi connectivity index (χ1n) is 11.8. The van der Waals surface area contributed by atoms with E-state index in [1.165, 1.54) is 11.1 Å². The van der Waals surface area contributed by atoms with Crippen LogP contribution in [0.5, 0.6) is 0 Å². The Labute approximate surface area is 209 Å². The van der Waals surface area contributed by atoms with E-state index in [0.717, 1.165) is 27.8 Å². The molecule has 0 radical (unpaired) electrons. The van der Waals surface area contributed by atoms with Crippen molar-refractivity contribution < 1.29 is 14.3 Å². The molecule has 6 heteroatoms. The standard InChI is InChI=1S/C29H28N2O3S/c1-31-17-24(23-13-7-8-14-27(23)31)28(32)26(15-16-35-2)30-29(33)34-18-25-21-11-5-3-9-19(21)20-10-4-6-12-22(20)25/h3-14,17,25-26H,15-16,18H2,1-2H3,(H,30,33)/t26-/m0/s1. The summed E-state index contributed by atoms with van der Waals surface area (Å²) in [5, 5.41) is 3.75. The number of nitrogens with one attached hydrogen (secondary N) is 1. The van der Waals surface area contributed by atoms with E-state index in [1.807, 2.05) is 72.6 Å². The van der Waals surface area contributed by atoms with E-state index in [0.29, 0.717) is 12.0 Å². The summed E-state index contributed by atoms with van der Waals surface area (Å²) in [6.45, 7) is 0.220. The monoisotopic (exact) mass is 484 g/mol. The van der Waals surface area contributed by atoms with Gasteiger partial charge in [0.15, 0.2) is 5.78 Å². The first-order valence-corrected chi connectivity index (χ1v) is 13.2. The number of fused-ring (bicyclic) bond motifs is 4. The molecule has 1 heterocycles. The molecule has 0 spiro atoms. The predicted octanol–water partition coefficient (Wildman–Crippen LogP) is 6.02. The van der Waals surface area contributed by atoms with Crippen LogP contribution in [0, 0.1) is 0 Å². The van der Waals surface area contributed by atoms with Gasteiger partial charge in [0.1, 0.15) is 6.61 Å². The molecule has 1 atom stereocenters. The van der Waals surface area contributed by atoms with Gasteiger partial charge in [-0.3, -0.25) is 4.79 Å². The average molecular weight is 485 g/mol. The number of aryl methyl sites for hydroxylation is 1. The topological polar surface area (TPSA) is 60.3 Å². The Balaban J connectivity index is 1.32. The van der Waals surface area contributed by atoms with Crippen LogP contribution in [0.4, 0.5) is 4.79 Å². The number of alkyl carbamates (subject to hydrolysis) is 1. The van der Waals surface area contributed by atoms with E-state index < -0.39 is 12.1 Å². The third-order valence-electron chi connectivity index (χ3n) is 6.73. The van der Waals surface area contributed by atoms with Crippen LogP contribution in [0.1, 0.15) is 33.8 Å². The number of hydrogen-bond acceptors (Lipinski definition) is 4. The molecule has 1 aliphatic rings. The van der Waals surface area contributed by atoms with Gasteiger partial charge in [0, 0.05) is 35.6 Å². The van der Waals surface area contributed by atoms with Gasteiger partial charge >= 0.3 is 6.09 Å². The van der Waals surface area contributed by atoms with E-state index in [-0.39, 0.29) is 18.3 Å². The van der Waals surface area contributed by atoms with E-state index in [2.05, 4.69) is 29.6 Å². The predicted molar refractivity (Wildman–Crippen MR) is 142 cm³/mol. The normalized spacial score (nSPS) is 13.3. The van der Waals surface area contributed by atoms with Crippen molar-refractivity contribution in [1.29, 1.82) is 0 Å². The number of ketones is 1. The Kier molecular flexibility index (Phi) is 6.64. The fourth-order valence-corrected chi connectivity index (χ4v) is 5.48. The van der Waals surface area contributed by atoms with E-state index >= 15 is 0 Å². The van der Waals surface area contributed by atoms with Gasteiger partial charge in [-0.2, -0.15) is 11.8 Å². The fraction of sp³-hybridized carbons (Fsp3) is 0.241. The third kappa shape index (κ3) is 4.46. The van der Waals surface area contributed by atoms with Crippen LogP contribution in [-0.2, 0) is 11.8 Å². The summed E-state index contributed by atoms with van der Waals surface area (Å²) in [6, 6.07) is 23.6. The highest BCUT2D eigenvalue weighted by atomic mass is 32.2. The molecule has 0 saturated carbocycles. The van der Waals surface area contributed by atoms with Gasteiger partial charge in [-0.05, 0) is 46.7 Å². The molecule has 1 aromatic heterocycles. The highest BCUT2D eigenvalue weighted by Crippen LogP contribution is 2.44. The van der Waals surface area contributed by atoms with Gasteiger partial charge in [-0.25, -0.2) is 4.79 Å². The van der Waals surface area contributed by atoms with Crippen LogP contribution >= 0.6 is 11.8 Å². The van der Waals surface area contributed by atoms with Crippen LogP contribution in [0.25, 0.3) is 22.0 Å². The van der Waals surface area contributed by atoms with Gasteiger partial charge in [-0.1, -0.05) is 66.7 Å². The molecule has 1 N–H and O–H groups in total. The summed E-state index contributed by atoms with van der Waals surface area (Å²) < 4.78 is 7.66. The van der Waals surface area contributed by atoms with Crippen molar-refractivity contribution >= 4 is 34.5 Å². The van der Waals surface area contributed by atoms with Gasteiger partial charge in [-0.15, -0.1) is 0 Å². The van der Waals surface area contributed by atoms with Crippen molar-refractivity contribution in [3.05, 3.63) is 95.7 Å². The number of para-hydroxylation sites is 1. The number of aromatic nitrogens is 1. The van der Waals surface area contributed by atoms with Crippen molar-refractivity contribution in [2.24, 2.45) is 7.05 Å². The van der Waals surface area contributed by atoms with E-state index in [9.17, 15) is 9.59 Å². The number of carbonyl (C=O) groups excluding carboxylic acids is 2. The van der Waals surface area contributed by atoms with Gasteiger partial charge in [0.05, 0.1) is 6.04 Å². The van der Waals surface area contributed by atoms with Gasteiger partial charge < -0.3 is 14.6 Å². The molecule has 178 valence electrons. The van der Waals surface area contributed by atoms with E-state index in [4.69, 9.17) is 4.74 Å². The Bertz CT molecular complexity index is 1350. The average Bonchev–Trinajstić information content (AvgIpc) is 3.40.